The predicted molar refractivity (Wildman–Crippen MR) is 91.9 cm³/mol. The first-order valence-corrected chi connectivity index (χ1v) is 9.35. The molecule has 3 rings (SSSR count). The van der Waals surface area contributed by atoms with Gasteiger partial charge in [-0.3, -0.25) is 0 Å². The van der Waals surface area contributed by atoms with E-state index in [4.69, 9.17) is 0 Å². The van der Waals surface area contributed by atoms with Crippen molar-refractivity contribution < 1.29 is 0 Å². The van der Waals surface area contributed by atoms with Gasteiger partial charge in [-0.2, -0.15) is 0 Å². The van der Waals surface area contributed by atoms with Crippen LogP contribution in [0, 0.1) is 6.92 Å². The van der Waals surface area contributed by atoms with Gasteiger partial charge in [-0.1, -0.05) is 6.92 Å². The van der Waals surface area contributed by atoms with Gasteiger partial charge in [0.1, 0.15) is 9.86 Å². The van der Waals surface area contributed by atoms with Crippen LogP contribution in [0.25, 0.3) is 10.2 Å². The average Bonchev–Trinajstić information content (AvgIpc) is 3.05. The number of fused-ring (bicyclic) bond motifs is 1. The number of nitrogens with zero attached hydrogens (tertiary/aromatic N) is 3. The highest BCUT2D eigenvalue weighted by Crippen LogP contribution is 2.37. The zero-order valence-corrected chi connectivity index (χ0v) is 14.6. The molecule has 21 heavy (non-hydrogen) atoms. The van der Waals surface area contributed by atoms with Crippen LogP contribution < -0.4 is 5.32 Å². The van der Waals surface area contributed by atoms with Crippen molar-refractivity contribution >= 4 is 50.6 Å². The second-order valence-electron chi connectivity index (χ2n) is 4.52. The molecule has 3 aromatic rings. The number of hydrogen-bond donors (Lipinski definition) is 1. The van der Waals surface area contributed by atoms with Gasteiger partial charge in [0.2, 0.25) is 5.95 Å². The predicted octanol–water partition coefficient (Wildman–Crippen LogP) is 4.60. The molecule has 3 aromatic heterocycles. The van der Waals surface area contributed by atoms with Crippen LogP contribution in [0.1, 0.15) is 24.4 Å². The summed E-state index contributed by atoms with van der Waals surface area (Å²) in [5.74, 6) is 0.699. The third-order valence-corrected chi connectivity index (χ3v) is 6.11. The number of nitrogens with one attached hydrogen (secondary N) is 1. The number of thiazole rings is 1. The van der Waals surface area contributed by atoms with Gasteiger partial charge in [-0.15, -0.1) is 22.7 Å². The molecular weight excluding hydrogens is 320 g/mol. The lowest BCUT2D eigenvalue weighted by Gasteiger charge is -2.04. The summed E-state index contributed by atoms with van der Waals surface area (Å²) >= 11 is 5.03. The SMILES string of the molecule is CCNc1nc(Sc2nc(C)cs2)c2cc(CC)sc2n1. The Hall–Kier alpha value is -1.18. The Morgan fingerprint density at radius 3 is 2.76 bits per heavy atom. The normalized spacial score (nSPS) is 11.2. The molecule has 0 unspecified atom stereocenters. The molecule has 0 bridgehead atoms. The lowest BCUT2D eigenvalue weighted by Crippen LogP contribution is -2.02. The van der Waals surface area contributed by atoms with Crippen molar-refractivity contribution in [3.8, 4) is 0 Å². The monoisotopic (exact) mass is 336 g/mol. The molecule has 0 saturated carbocycles. The minimum absolute atomic E-state index is 0.699. The van der Waals surface area contributed by atoms with Crippen LogP contribution >= 0.6 is 34.4 Å². The maximum absolute atomic E-state index is 4.66. The van der Waals surface area contributed by atoms with E-state index in [2.05, 4.69) is 45.6 Å². The lowest BCUT2D eigenvalue weighted by molar-refractivity contribution is 1.05. The van der Waals surface area contributed by atoms with Crippen LogP contribution in [-0.4, -0.2) is 21.5 Å². The molecular formula is C14H16N4S3. The number of hydrogen-bond acceptors (Lipinski definition) is 7. The zero-order chi connectivity index (χ0) is 14.8. The number of thiophene rings is 1. The molecule has 3 heterocycles. The fraction of sp³-hybridized carbons (Fsp3) is 0.357. The standard InChI is InChI=1S/C14H16N4S3/c1-4-9-6-10-11(20-9)17-13(15-5-2)18-12(10)21-14-16-8(3)7-19-14/h6-7H,4-5H2,1-3H3,(H,15,17,18). The molecule has 0 aliphatic rings. The minimum Gasteiger partial charge on any atom is -0.354 e. The average molecular weight is 337 g/mol. The Morgan fingerprint density at radius 1 is 1.24 bits per heavy atom. The second kappa shape index (κ2) is 6.29. The van der Waals surface area contributed by atoms with Crippen molar-refractivity contribution in [1.82, 2.24) is 15.0 Å². The number of rotatable bonds is 5. The summed E-state index contributed by atoms with van der Waals surface area (Å²) in [7, 11) is 0. The van der Waals surface area contributed by atoms with Crippen LogP contribution in [0.2, 0.25) is 0 Å². The first-order valence-electron chi connectivity index (χ1n) is 6.84. The summed E-state index contributed by atoms with van der Waals surface area (Å²) in [4.78, 5) is 16.2. The summed E-state index contributed by atoms with van der Waals surface area (Å²) in [6, 6.07) is 2.21. The Bertz CT molecular complexity index is 763. The largest absolute Gasteiger partial charge is 0.354 e. The molecule has 7 heteroatoms. The van der Waals surface area contributed by atoms with Crippen LogP contribution in [0.3, 0.4) is 0 Å². The van der Waals surface area contributed by atoms with Gasteiger partial charge in [-0.05, 0) is 38.1 Å². The van der Waals surface area contributed by atoms with Crippen LogP contribution in [0.5, 0.6) is 0 Å². The van der Waals surface area contributed by atoms with Crippen molar-refractivity contribution in [2.24, 2.45) is 0 Å². The summed E-state index contributed by atoms with van der Waals surface area (Å²) in [5.41, 5.74) is 1.05. The topological polar surface area (TPSA) is 50.7 Å². The van der Waals surface area contributed by atoms with E-state index < -0.39 is 0 Å². The third-order valence-electron chi connectivity index (χ3n) is 2.87. The van der Waals surface area contributed by atoms with Gasteiger partial charge < -0.3 is 5.32 Å². The van der Waals surface area contributed by atoms with E-state index in [9.17, 15) is 0 Å². The quantitative estimate of drug-likeness (QED) is 0.690. The molecule has 0 atom stereocenters. The van der Waals surface area contributed by atoms with E-state index in [0.29, 0.717) is 5.95 Å². The van der Waals surface area contributed by atoms with Crippen LogP contribution in [-0.2, 0) is 6.42 Å². The molecule has 110 valence electrons. The van der Waals surface area contributed by atoms with Crippen molar-refractivity contribution in [2.75, 3.05) is 11.9 Å². The maximum atomic E-state index is 4.66. The number of anilines is 1. The second-order valence-corrected chi connectivity index (χ2v) is 7.73. The summed E-state index contributed by atoms with van der Waals surface area (Å²) < 4.78 is 1.03. The molecule has 0 fully saturated rings. The zero-order valence-electron chi connectivity index (χ0n) is 12.1. The Morgan fingerprint density at radius 2 is 2.10 bits per heavy atom. The molecule has 0 spiro atoms. The number of aromatic nitrogens is 3. The molecule has 0 aromatic carbocycles. The van der Waals surface area contributed by atoms with E-state index in [1.54, 1.807) is 34.4 Å². The van der Waals surface area contributed by atoms with E-state index >= 15 is 0 Å². The first kappa shape index (κ1) is 14.7. The maximum Gasteiger partial charge on any atom is 0.225 e. The van der Waals surface area contributed by atoms with Crippen molar-refractivity contribution in [3.05, 3.63) is 22.0 Å². The molecule has 0 saturated heterocycles. The highest BCUT2D eigenvalue weighted by Gasteiger charge is 2.13. The summed E-state index contributed by atoms with van der Waals surface area (Å²) in [6.45, 7) is 7.05. The molecule has 0 radical (unpaired) electrons. The fourth-order valence-corrected chi connectivity index (χ4v) is 4.78. The Kier molecular flexibility index (Phi) is 4.42. The highest BCUT2D eigenvalue weighted by atomic mass is 32.2. The van der Waals surface area contributed by atoms with Crippen LogP contribution in [0.4, 0.5) is 5.95 Å². The van der Waals surface area contributed by atoms with Crippen LogP contribution in [0.15, 0.2) is 20.8 Å². The fourth-order valence-electron chi connectivity index (χ4n) is 1.90. The lowest BCUT2D eigenvalue weighted by atomic mass is 10.3. The Labute approximate surface area is 136 Å². The van der Waals surface area contributed by atoms with Gasteiger partial charge in [0, 0.05) is 27.9 Å². The molecule has 0 amide bonds. The van der Waals surface area contributed by atoms with E-state index in [-0.39, 0.29) is 0 Å². The van der Waals surface area contributed by atoms with Crippen molar-refractivity contribution in [1.29, 1.82) is 0 Å². The van der Waals surface area contributed by atoms with Gasteiger partial charge >= 0.3 is 0 Å². The van der Waals surface area contributed by atoms with Crippen molar-refractivity contribution in [2.45, 2.75) is 36.6 Å². The Balaban J connectivity index is 2.06. The van der Waals surface area contributed by atoms with E-state index in [1.165, 1.54) is 4.88 Å². The first-order chi connectivity index (χ1) is 10.2. The van der Waals surface area contributed by atoms with E-state index in [0.717, 1.165) is 38.2 Å². The molecule has 0 aliphatic heterocycles. The summed E-state index contributed by atoms with van der Waals surface area (Å²) in [5, 5.41) is 7.40. The van der Waals surface area contributed by atoms with Gasteiger partial charge in [0.05, 0.1) is 0 Å². The minimum atomic E-state index is 0.699. The van der Waals surface area contributed by atoms with Gasteiger partial charge in [-0.25, -0.2) is 15.0 Å². The van der Waals surface area contributed by atoms with Gasteiger partial charge in [0.25, 0.3) is 0 Å². The molecule has 4 nitrogen and oxygen atoms in total. The smallest absolute Gasteiger partial charge is 0.225 e. The van der Waals surface area contributed by atoms with Crippen molar-refractivity contribution in [3.63, 3.8) is 0 Å². The highest BCUT2D eigenvalue weighted by molar-refractivity contribution is 8.01. The van der Waals surface area contributed by atoms with E-state index in [1.807, 2.05) is 6.92 Å². The molecule has 0 aliphatic carbocycles. The summed E-state index contributed by atoms with van der Waals surface area (Å²) in [6.07, 6.45) is 1.03. The molecule has 1 N–H and O–H groups in total. The number of aryl methyl sites for hydroxylation is 2. The third kappa shape index (κ3) is 3.20. The van der Waals surface area contributed by atoms with Gasteiger partial charge in [0.15, 0.2) is 4.34 Å².